The van der Waals surface area contributed by atoms with Gasteiger partial charge in [0.2, 0.25) is 0 Å². The van der Waals surface area contributed by atoms with Crippen LogP contribution in [0.1, 0.15) is 49.1 Å². The zero-order valence-corrected chi connectivity index (χ0v) is 26.0. The van der Waals surface area contributed by atoms with E-state index in [1.54, 1.807) is 83.9 Å². The van der Waals surface area contributed by atoms with E-state index in [0.717, 1.165) is 0 Å². The summed E-state index contributed by atoms with van der Waals surface area (Å²) in [4.78, 5) is 59.4. The summed E-state index contributed by atoms with van der Waals surface area (Å²) in [5.41, 5.74) is 2.80. The highest BCUT2D eigenvalue weighted by Gasteiger charge is 2.26. The molecule has 0 aliphatic carbocycles. The fraction of sp³-hybridized carbons (Fsp3) is 0.229. The van der Waals surface area contributed by atoms with Gasteiger partial charge < -0.3 is 35.0 Å². The lowest BCUT2D eigenvalue weighted by molar-refractivity contribution is -0.137. The number of nitrogens with zero attached hydrogens (tertiary/aromatic N) is 3. The van der Waals surface area contributed by atoms with Gasteiger partial charge in [-0.05, 0) is 60.2 Å². The van der Waals surface area contributed by atoms with Gasteiger partial charge in [0.05, 0.1) is 38.1 Å². The minimum atomic E-state index is -1.07. The Hall–Kier alpha value is -5.91. The standard InChI is InChI=1S/C35H35N5O7/c1-46-30-13-11-25(20-31(30)47-2)35(45)40-17-15-39(16-18-40)29-12-10-24(19-28(29)38-33(43)23-7-4-3-5-8-23)34(44)37-27(21-32(41)42)26-9-6-14-36-22-26/h3-14,19-20,22,27H,15-18,21H2,1-2H3,(H,37,44)(H,38,43)(H,41,42). The molecule has 3 N–H and O–H groups in total. The van der Waals surface area contributed by atoms with E-state index in [1.807, 2.05) is 11.0 Å². The van der Waals surface area contributed by atoms with Crippen molar-refractivity contribution < 1.29 is 33.8 Å². The predicted octanol–water partition coefficient (Wildman–Crippen LogP) is 4.26. The van der Waals surface area contributed by atoms with Crippen LogP contribution in [-0.4, -0.2) is 79.1 Å². The summed E-state index contributed by atoms with van der Waals surface area (Å²) in [5.74, 6) is -1.08. The zero-order valence-electron chi connectivity index (χ0n) is 26.0. The second kappa shape index (κ2) is 14.9. The molecule has 2 heterocycles. The smallest absolute Gasteiger partial charge is 0.305 e. The number of amides is 3. The molecule has 242 valence electrons. The molecule has 1 atom stereocenters. The number of anilines is 2. The number of hydrogen-bond acceptors (Lipinski definition) is 8. The summed E-state index contributed by atoms with van der Waals surface area (Å²) in [5, 5.41) is 15.2. The molecular weight excluding hydrogens is 602 g/mol. The first-order valence-corrected chi connectivity index (χ1v) is 15.0. The Morgan fingerprint density at radius 1 is 0.809 bits per heavy atom. The van der Waals surface area contributed by atoms with Crippen molar-refractivity contribution in [1.29, 1.82) is 0 Å². The largest absolute Gasteiger partial charge is 0.493 e. The van der Waals surface area contributed by atoms with Crippen LogP contribution >= 0.6 is 0 Å². The van der Waals surface area contributed by atoms with Crippen molar-refractivity contribution in [2.24, 2.45) is 0 Å². The molecule has 0 radical (unpaired) electrons. The fourth-order valence-corrected chi connectivity index (χ4v) is 5.39. The van der Waals surface area contributed by atoms with Crippen LogP contribution in [0.3, 0.4) is 0 Å². The number of carbonyl (C=O) groups is 4. The van der Waals surface area contributed by atoms with E-state index in [4.69, 9.17) is 9.47 Å². The lowest BCUT2D eigenvalue weighted by Gasteiger charge is -2.37. The molecule has 47 heavy (non-hydrogen) atoms. The fourth-order valence-electron chi connectivity index (χ4n) is 5.39. The molecular formula is C35H35N5O7. The molecule has 1 fully saturated rings. The summed E-state index contributed by atoms with van der Waals surface area (Å²) in [6, 6.07) is 21.3. The van der Waals surface area contributed by atoms with Crippen molar-refractivity contribution in [3.05, 3.63) is 114 Å². The number of hydrogen-bond donors (Lipinski definition) is 3. The maximum atomic E-state index is 13.4. The zero-order chi connectivity index (χ0) is 33.3. The van der Waals surface area contributed by atoms with E-state index < -0.39 is 17.9 Å². The predicted molar refractivity (Wildman–Crippen MR) is 175 cm³/mol. The molecule has 3 aromatic carbocycles. The van der Waals surface area contributed by atoms with Gasteiger partial charge in [0, 0.05) is 55.3 Å². The number of aliphatic carboxylic acids is 1. The van der Waals surface area contributed by atoms with Crippen LogP contribution in [-0.2, 0) is 4.79 Å². The highest BCUT2D eigenvalue weighted by Crippen LogP contribution is 2.31. The second-order valence-corrected chi connectivity index (χ2v) is 10.8. The number of carboxylic acid groups (broad SMARTS) is 1. The van der Waals surface area contributed by atoms with Crippen molar-refractivity contribution >= 4 is 35.1 Å². The first kappa shape index (κ1) is 32.5. The van der Waals surface area contributed by atoms with Crippen LogP contribution in [0.2, 0.25) is 0 Å². The summed E-state index contributed by atoms with van der Waals surface area (Å²) >= 11 is 0. The van der Waals surface area contributed by atoms with Crippen molar-refractivity contribution in [3.63, 3.8) is 0 Å². The number of aromatic nitrogens is 1. The molecule has 1 aliphatic heterocycles. The summed E-state index contributed by atoms with van der Waals surface area (Å²) in [7, 11) is 3.05. The minimum absolute atomic E-state index is 0.139. The molecule has 12 heteroatoms. The van der Waals surface area contributed by atoms with Gasteiger partial charge in [-0.3, -0.25) is 24.2 Å². The first-order valence-electron chi connectivity index (χ1n) is 15.0. The topological polar surface area (TPSA) is 150 Å². The molecule has 5 rings (SSSR count). The third-order valence-electron chi connectivity index (χ3n) is 7.85. The van der Waals surface area contributed by atoms with E-state index >= 15 is 0 Å². The Balaban J connectivity index is 1.37. The molecule has 1 unspecified atom stereocenters. The number of ether oxygens (including phenoxy) is 2. The molecule has 0 spiro atoms. The van der Waals surface area contributed by atoms with Crippen LogP contribution in [0.4, 0.5) is 11.4 Å². The summed E-state index contributed by atoms with van der Waals surface area (Å²) in [6.07, 6.45) is 2.74. The van der Waals surface area contributed by atoms with E-state index in [2.05, 4.69) is 15.6 Å². The highest BCUT2D eigenvalue weighted by atomic mass is 16.5. The number of carbonyl (C=O) groups excluding carboxylic acids is 3. The normalized spacial score (nSPS) is 13.3. The molecule has 12 nitrogen and oxygen atoms in total. The quantitative estimate of drug-likeness (QED) is 0.219. The third kappa shape index (κ3) is 7.85. The maximum absolute atomic E-state index is 13.4. The summed E-state index contributed by atoms with van der Waals surface area (Å²) in [6.45, 7) is 1.79. The van der Waals surface area contributed by atoms with Crippen molar-refractivity contribution in [2.45, 2.75) is 12.5 Å². The number of benzene rings is 3. The van der Waals surface area contributed by atoms with Gasteiger partial charge in [0.1, 0.15) is 0 Å². The lowest BCUT2D eigenvalue weighted by atomic mass is 10.0. The van der Waals surface area contributed by atoms with Crippen LogP contribution in [0.5, 0.6) is 11.5 Å². The van der Waals surface area contributed by atoms with Crippen LogP contribution in [0.25, 0.3) is 0 Å². The molecule has 1 aromatic heterocycles. The van der Waals surface area contributed by atoms with Gasteiger partial charge in [-0.2, -0.15) is 0 Å². The maximum Gasteiger partial charge on any atom is 0.305 e. The lowest BCUT2D eigenvalue weighted by Crippen LogP contribution is -2.49. The molecule has 0 saturated carbocycles. The number of carboxylic acids is 1. The second-order valence-electron chi connectivity index (χ2n) is 10.8. The van der Waals surface area contributed by atoms with E-state index in [-0.39, 0.29) is 23.8 Å². The average Bonchev–Trinajstić information content (AvgIpc) is 3.11. The first-order chi connectivity index (χ1) is 22.8. The van der Waals surface area contributed by atoms with Gasteiger partial charge >= 0.3 is 5.97 Å². The SMILES string of the molecule is COc1ccc(C(=O)N2CCN(c3ccc(C(=O)NC(CC(=O)O)c4cccnc4)cc3NC(=O)c3ccccc3)CC2)cc1OC. The number of rotatable bonds is 11. The average molecular weight is 638 g/mol. The third-order valence-corrected chi connectivity index (χ3v) is 7.85. The Kier molecular flexibility index (Phi) is 10.3. The Morgan fingerprint density at radius 3 is 2.19 bits per heavy atom. The monoisotopic (exact) mass is 637 g/mol. The Morgan fingerprint density at radius 2 is 1.53 bits per heavy atom. The van der Waals surface area contributed by atoms with E-state index in [0.29, 0.717) is 65.7 Å². The number of piperazine rings is 1. The molecule has 3 amide bonds. The van der Waals surface area contributed by atoms with Crippen LogP contribution in [0.15, 0.2) is 91.3 Å². The highest BCUT2D eigenvalue weighted by molar-refractivity contribution is 6.07. The van der Waals surface area contributed by atoms with E-state index in [9.17, 15) is 24.3 Å². The number of nitrogens with one attached hydrogen (secondary N) is 2. The van der Waals surface area contributed by atoms with E-state index in [1.165, 1.54) is 20.4 Å². The Bertz CT molecular complexity index is 1740. The van der Waals surface area contributed by atoms with Gasteiger partial charge in [-0.25, -0.2) is 0 Å². The minimum Gasteiger partial charge on any atom is -0.493 e. The van der Waals surface area contributed by atoms with Crippen molar-refractivity contribution in [2.75, 3.05) is 50.6 Å². The molecule has 1 saturated heterocycles. The number of methoxy groups -OCH3 is 2. The van der Waals surface area contributed by atoms with Gasteiger partial charge in [0.15, 0.2) is 11.5 Å². The molecule has 4 aromatic rings. The van der Waals surface area contributed by atoms with Crippen LogP contribution in [0, 0.1) is 0 Å². The molecule has 0 bridgehead atoms. The number of pyridine rings is 1. The Labute approximate surface area is 271 Å². The van der Waals surface area contributed by atoms with Gasteiger partial charge in [-0.15, -0.1) is 0 Å². The van der Waals surface area contributed by atoms with Crippen LogP contribution < -0.4 is 25.0 Å². The van der Waals surface area contributed by atoms with Crippen molar-refractivity contribution in [1.82, 2.24) is 15.2 Å². The van der Waals surface area contributed by atoms with Gasteiger partial charge in [-0.1, -0.05) is 24.3 Å². The van der Waals surface area contributed by atoms with Crippen molar-refractivity contribution in [3.8, 4) is 11.5 Å². The molecule has 1 aliphatic rings. The van der Waals surface area contributed by atoms with Gasteiger partial charge in [0.25, 0.3) is 17.7 Å². The summed E-state index contributed by atoms with van der Waals surface area (Å²) < 4.78 is 10.6.